The number of halogens is 3. The van der Waals surface area contributed by atoms with E-state index >= 15 is 0 Å². The van der Waals surface area contributed by atoms with Gasteiger partial charge in [0, 0.05) is 0 Å². The normalized spacial score (nSPS) is 12.9. The number of rotatable bonds is 3. The van der Waals surface area contributed by atoms with Gasteiger partial charge in [0.2, 0.25) is 0 Å². The number of hydrogen-bond acceptors (Lipinski definition) is 0. The summed E-state index contributed by atoms with van der Waals surface area (Å²) in [7, 11) is 0. The minimum atomic E-state index is -1.54. The topological polar surface area (TPSA) is 0 Å². The van der Waals surface area contributed by atoms with Crippen LogP contribution in [0.5, 0.6) is 0 Å². The van der Waals surface area contributed by atoms with Gasteiger partial charge in [-0.2, -0.15) is 0 Å². The molecule has 0 aliphatic carbocycles. The van der Waals surface area contributed by atoms with Crippen LogP contribution in [0.3, 0.4) is 0 Å². The fraction of sp³-hybridized carbons (Fsp3) is 0.400. The van der Waals surface area contributed by atoms with E-state index in [-0.39, 0.29) is 0 Å². The van der Waals surface area contributed by atoms with E-state index in [1.54, 1.807) is 0 Å². The first-order chi connectivity index (χ1) is 6.31. The summed E-state index contributed by atoms with van der Waals surface area (Å²) in [6.07, 6.45) is 0. The molecule has 1 aromatic carbocycles. The van der Waals surface area contributed by atoms with Gasteiger partial charge in [0.05, 0.1) is 0 Å². The molecule has 0 atom stereocenters. The van der Waals surface area contributed by atoms with Gasteiger partial charge in [0.1, 0.15) is 0 Å². The van der Waals surface area contributed by atoms with Crippen molar-refractivity contribution >= 4 is 57.6 Å². The van der Waals surface area contributed by atoms with Crippen molar-refractivity contribution in [3.05, 3.63) is 35.9 Å². The van der Waals surface area contributed by atoms with Crippen molar-refractivity contribution in [2.75, 3.05) is 0 Å². The van der Waals surface area contributed by atoms with Crippen molar-refractivity contribution in [1.29, 1.82) is 0 Å². The Morgan fingerprint density at radius 3 is 2.00 bits per heavy atom. The minimum absolute atomic E-state index is 0.338. The summed E-state index contributed by atoms with van der Waals surface area (Å²) in [5, 5.41) is -1.54. The van der Waals surface area contributed by atoms with E-state index in [9.17, 15) is 0 Å². The van der Waals surface area contributed by atoms with Crippen LogP contribution in [0.15, 0.2) is 30.3 Å². The van der Waals surface area contributed by atoms with E-state index in [0.717, 1.165) is 0 Å². The monoisotopic (exact) mass is 562 g/mol. The van der Waals surface area contributed by atoms with Gasteiger partial charge in [-0.3, -0.25) is 0 Å². The van der Waals surface area contributed by atoms with Crippen LogP contribution >= 0.6 is 57.6 Å². The predicted molar refractivity (Wildman–Crippen MR) is 86.3 cm³/mol. The molecule has 0 radical (unpaired) electrons. The molecular formula is C10H13I3Ti. The summed E-state index contributed by atoms with van der Waals surface area (Å²) in [6, 6.07) is 10.9. The Morgan fingerprint density at radius 2 is 1.57 bits per heavy atom. The Labute approximate surface area is 120 Å². The Balaban J connectivity index is 2.86. The SMILES string of the molecule is CC(C)([CH2][Ti]([I])([I])[I])c1ccccc1. The molecule has 0 aliphatic heterocycles. The fourth-order valence-corrected chi connectivity index (χ4v) is 15.2. The van der Waals surface area contributed by atoms with E-state index in [2.05, 4.69) is 102 Å². The molecule has 0 spiro atoms. The second-order valence-corrected chi connectivity index (χ2v) is 54.8. The zero-order chi connectivity index (χ0) is 10.8. The quantitative estimate of drug-likeness (QED) is 0.334. The number of benzene rings is 1. The van der Waals surface area contributed by atoms with Crippen molar-refractivity contribution in [3.8, 4) is 0 Å². The summed E-state index contributed by atoms with van der Waals surface area (Å²) in [6.45, 7) is 4.72. The maximum absolute atomic E-state index is 2.69. The first-order valence-corrected chi connectivity index (χ1v) is 20.7. The molecule has 0 aromatic heterocycles. The predicted octanol–water partition coefficient (Wildman–Crippen LogP) is 5.59. The summed E-state index contributed by atoms with van der Waals surface area (Å²) < 4.78 is 1.36. The van der Waals surface area contributed by atoms with Crippen LogP contribution in [-0.4, -0.2) is 0 Å². The van der Waals surface area contributed by atoms with Crippen molar-refractivity contribution in [1.82, 2.24) is 0 Å². The van der Waals surface area contributed by atoms with Crippen LogP contribution in [0.4, 0.5) is 0 Å². The third kappa shape index (κ3) is 4.97. The van der Waals surface area contributed by atoms with E-state index in [4.69, 9.17) is 0 Å². The van der Waals surface area contributed by atoms with Gasteiger partial charge in [-0.1, -0.05) is 0 Å². The third-order valence-corrected chi connectivity index (χ3v) is 8.92. The van der Waals surface area contributed by atoms with E-state index in [1.807, 2.05) is 0 Å². The molecule has 0 N–H and O–H groups in total. The molecule has 14 heavy (non-hydrogen) atoms. The van der Waals surface area contributed by atoms with Crippen LogP contribution in [0.25, 0.3) is 0 Å². The summed E-state index contributed by atoms with van der Waals surface area (Å²) in [5.74, 6) is 0. The zero-order valence-corrected chi connectivity index (χ0v) is 16.3. The van der Waals surface area contributed by atoms with Crippen LogP contribution in [-0.2, 0) is 10.8 Å². The molecule has 0 fully saturated rings. The molecule has 0 amide bonds. The molecule has 78 valence electrons. The molecule has 0 saturated carbocycles. The number of hydrogen-bond donors (Lipinski definition) is 0. The van der Waals surface area contributed by atoms with Crippen LogP contribution in [0.2, 0.25) is 4.73 Å². The second-order valence-electron chi connectivity index (χ2n) is 4.04. The summed E-state index contributed by atoms with van der Waals surface area (Å²) >= 11 is 8.07. The molecule has 1 aromatic rings. The van der Waals surface area contributed by atoms with E-state index in [0.29, 0.717) is 5.41 Å². The first kappa shape index (κ1) is 14.2. The van der Waals surface area contributed by atoms with Gasteiger partial charge >= 0.3 is 123 Å². The van der Waals surface area contributed by atoms with Crippen molar-refractivity contribution < 1.29 is 5.34 Å². The Morgan fingerprint density at radius 1 is 1.07 bits per heavy atom. The molecule has 0 saturated heterocycles. The Hall–Kier alpha value is 2.12. The van der Waals surface area contributed by atoms with Gasteiger partial charge in [-0.05, 0) is 0 Å². The molecule has 0 bridgehead atoms. The molecule has 0 aliphatic rings. The molecule has 4 heteroatoms. The molecule has 0 heterocycles. The standard InChI is InChI=1S/C10H13.3HI.Ti/c1-10(2,3)9-7-5-4-6-8-9;;;;/h4-8H,1H2,2-3H3;3*1H;/q;;;;+3/p-3. The molecular weight excluding hydrogens is 549 g/mol. The van der Waals surface area contributed by atoms with Gasteiger partial charge in [0.15, 0.2) is 0 Å². The van der Waals surface area contributed by atoms with Crippen LogP contribution < -0.4 is 0 Å². The van der Waals surface area contributed by atoms with Crippen molar-refractivity contribution in [2.45, 2.75) is 24.0 Å². The van der Waals surface area contributed by atoms with Gasteiger partial charge in [0.25, 0.3) is 0 Å². The van der Waals surface area contributed by atoms with Gasteiger partial charge in [-0.15, -0.1) is 0 Å². The third-order valence-electron chi connectivity index (χ3n) is 2.20. The average Bonchev–Trinajstić information content (AvgIpc) is 2.01. The first-order valence-electron chi connectivity index (χ1n) is 4.43. The zero-order valence-electron chi connectivity index (χ0n) is 8.23. The maximum atomic E-state index is 2.69. The summed E-state index contributed by atoms with van der Waals surface area (Å²) in [5.41, 5.74) is 1.81. The molecule has 0 nitrogen and oxygen atoms in total. The Kier molecular flexibility index (Phi) is 5.72. The van der Waals surface area contributed by atoms with Crippen molar-refractivity contribution in [2.24, 2.45) is 0 Å². The van der Waals surface area contributed by atoms with Crippen LogP contribution in [0.1, 0.15) is 19.4 Å². The average molecular weight is 562 g/mol. The van der Waals surface area contributed by atoms with E-state index in [1.165, 1.54) is 10.3 Å². The molecule has 0 unspecified atom stereocenters. The summed E-state index contributed by atoms with van der Waals surface area (Å²) in [4.78, 5) is 0. The molecule has 1 rings (SSSR count). The fourth-order valence-electron chi connectivity index (χ4n) is 1.49. The van der Waals surface area contributed by atoms with Gasteiger partial charge in [-0.25, -0.2) is 0 Å². The van der Waals surface area contributed by atoms with Gasteiger partial charge < -0.3 is 0 Å². The van der Waals surface area contributed by atoms with Crippen LogP contribution in [0, 0.1) is 0 Å². The van der Waals surface area contributed by atoms with Crippen molar-refractivity contribution in [3.63, 3.8) is 0 Å². The van der Waals surface area contributed by atoms with E-state index < -0.39 is 5.34 Å². The second kappa shape index (κ2) is 5.64. The Bertz CT molecular complexity index is 290.